The molecule has 5 nitrogen and oxygen atoms in total. The van der Waals surface area contributed by atoms with Gasteiger partial charge in [-0.05, 0) is 11.6 Å². The zero-order chi connectivity index (χ0) is 12.3. The van der Waals surface area contributed by atoms with E-state index in [-0.39, 0.29) is 5.69 Å². The quantitative estimate of drug-likeness (QED) is 0.896. The maximum absolute atomic E-state index is 10.7. The number of anilines is 1. The van der Waals surface area contributed by atoms with Gasteiger partial charge < -0.3 is 10.0 Å². The summed E-state index contributed by atoms with van der Waals surface area (Å²) in [4.78, 5) is 20.7. The Morgan fingerprint density at radius 2 is 2.41 bits per heavy atom. The van der Waals surface area contributed by atoms with Gasteiger partial charge in [-0.3, -0.25) is 4.98 Å². The molecule has 0 bridgehead atoms. The van der Waals surface area contributed by atoms with Crippen molar-refractivity contribution in [2.75, 3.05) is 11.9 Å². The third kappa shape index (κ3) is 2.79. The summed E-state index contributed by atoms with van der Waals surface area (Å²) >= 11 is 1.32. The van der Waals surface area contributed by atoms with Gasteiger partial charge in [0.05, 0.1) is 0 Å². The minimum absolute atomic E-state index is 0.0861. The Morgan fingerprint density at radius 1 is 1.59 bits per heavy atom. The first kappa shape index (κ1) is 11.5. The maximum atomic E-state index is 10.7. The molecular formula is C11H11N3O2S. The number of hydrogen-bond donors (Lipinski definition) is 1. The number of carbonyl (C=O) groups is 1. The molecule has 0 saturated heterocycles. The van der Waals surface area contributed by atoms with E-state index in [0.717, 1.165) is 5.56 Å². The largest absolute Gasteiger partial charge is 0.476 e. The van der Waals surface area contributed by atoms with Crippen LogP contribution < -0.4 is 4.90 Å². The molecule has 0 atom stereocenters. The molecule has 2 rings (SSSR count). The monoisotopic (exact) mass is 249 g/mol. The molecule has 0 aliphatic rings. The summed E-state index contributed by atoms with van der Waals surface area (Å²) in [5, 5.41) is 11.0. The highest BCUT2D eigenvalue weighted by molar-refractivity contribution is 7.13. The molecule has 0 aliphatic carbocycles. The molecule has 0 spiro atoms. The number of carboxylic acids is 1. The lowest BCUT2D eigenvalue weighted by Gasteiger charge is -2.14. The molecule has 0 aliphatic heterocycles. The number of nitrogens with zero attached hydrogens (tertiary/aromatic N) is 3. The zero-order valence-corrected chi connectivity index (χ0v) is 10.0. The number of aromatic carboxylic acids is 1. The predicted octanol–water partition coefficient (Wildman–Crippen LogP) is 1.87. The smallest absolute Gasteiger partial charge is 0.355 e. The first-order chi connectivity index (χ1) is 8.16. The first-order valence-corrected chi connectivity index (χ1v) is 5.83. The van der Waals surface area contributed by atoms with Crippen LogP contribution in [0, 0.1) is 0 Å². The second-order valence-electron chi connectivity index (χ2n) is 3.54. The summed E-state index contributed by atoms with van der Waals surface area (Å²) in [5.41, 5.74) is 1.14. The van der Waals surface area contributed by atoms with E-state index in [2.05, 4.69) is 9.97 Å². The number of carboxylic acid groups (broad SMARTS) is 1. The van der Waals surface area contributed by atoms with E-state index in [1.807, 2.05) is 24.1 Å². The SMILES string of the molecule is CN(Cc1cccnc1)c1nc(C(=O)O)cs1. The van der Waals surface area contributed by atoms with Crippen LogP contribution in [-0.4, -0.2) is 28.1 Å². The van der Waals surface area contributed by atoms with Gasteiger partial charge >= 0.3 is 5.97 Å². The van der Waals surface area contributed by atoms with Crippen LogP contribution in [0.5, 0.6) is 0 Å². The molecule has 2 aromatic heterocycles. The molecule has 0 saturated carbocycles. The van der Waals surface area contributed by atoms with E-state index >= 15 is 0 Å². The normalized spacial score (nSPS) is 10.2. The van der Waals surface area contributed by atoms with Gasteiger partial charge in [-0.2, -0.15) is 0 Å². The Bertz CT molecular complexity index is 512. The molecule has 17 heavy (non-hydrogen) atoms. The van der Waals surface area contributed by atoms with Crippen LogP contribution in [-0.2, 0) is 6.54 Å². The lowest BCUT2D eigenvalue weighted by molar-refractivity contribution is 0.0691. The van der Waals surface area contributed by atoms with E-state index in [0.29, 0.717) is 11.7 Å². The fourth-order valence-electron chi connectivity index (χ4n) is 1.37. The van der Waals surface area contributed by atoms with Crippen molar-refractivity contribution in [2.24, 2.45) is 0 Å². The van der Waals surface area contributed by atoms with Crippen molar-refractivity contribution in [3.05, 3.63) is 41.2 Å². The Kier molecular flexibility index (Phi) is 3.34. The summed E-state index contributed by atoms with van der Waals surface area (Å²) in [7, 11) is 1.87. The van der Waals surface area contributed by atoms with Crippen LogP contribution in [0.1, 0.15) is 16.1 Å². The van der Waals surface area contributed by atoms with E-state index in [1.165, 1.54) is 16.7 Å². The molecule has 6 heteroatoms. The van der Waals surface area contributed by atoms with E-state index < -0.39 is 5.97 Å². The van der Waals surface area contributed by atoms with Crippen LogP contribution in [0.4, 0.5) is 5.13 Å². The van der Waals surface area contributed by atoms with Gasteiger partial charge in [-0.15, -0.1) is 11.3 Å². The molecule has 0 aromatic carbocycles. The summed E-state index contributed by atoms with van der Waals surface area (Å²) < 4.78 is 0. The minimum Gasteiger partial charge on any atom is -0.476 e. The Hall–Kier alpha value is -1.95. The van der Waals surface area contributed by atoms with Crippen molar-refractivity contribution in [2.45, 2.75) is 6.54 Å². The Morgan fingerprint density at radius 3 is 3.00 bits per heavy atom. The molecule has 0 fully saturated rings. The van der Waals surface area contributed by atoms with E-state index in [4.69, 9.17) is 5.11 Å². The molecule has 2 aromatic rings. The molecular weight excluding hydrogens is 238 g/mol. The van der Waals surface area contributed by atoms with Gasteiger partial charge in [0.15, 0.2) is 10.8 Å². The standard InChI is InChI=1S/C11H11N3O2S/c1-14(6-8-3-2-4-12-5-8)11-13-9(7-17-11)10(15)16/h2-5,7H,6H2,1H3,(H,15,16). The third-order valence-electron chi connectivity index (χ3n) is 2.18. The van der Waals surface area contributed by atoms with Crippen LogP contribution in [0.3, 0.4) is 0 Å². The number of hydrogen-bond acceptors (Lipinski definition) is 5. The average molecular weight is 249 g/mol. The second kappa shape index (κ2) is 4.92. The number of aromatic nitrogens is 2. The molecule has 0 radical (unpaired) electrons. The van der Waals surface area contributed by atoms with Crippen molar-refractivity contribution in [3.63, 3.8) is 0 Å². The zero-order valence-electron chi connectivity index (χ0n) is 9.20. The number of thiazole rings is 1. The van der Waals surface area contributed by atoms with Gasteiger partial charge in [0.25, 0.3) is 0 Å². The summed E-state index contributed by atoms with van der Waals surface area (Å²) in [6, 6.07) is 3.84. The van der Waals surface area contributed by atoms with E-state index in [1.54, 1.807) is 12.4 Å². The highest BCUT2D eigenvalue weighted by Crippen LogP contribution is 2.20. The van der Waals surface area contributed by atoms with Gasteiger partial charge in [-0.1, -0.05) is 6.07 Å². The van der Waals surface area contributed by atoms with E-state index in [9.17, 15) is 4.79 Å². The van der Waals surface area contributed by atoms with Crippen molar-refractivity contribution >= 4 is 22.4 Å². The van der Waals surface area contributed by atoms with Gasteiger partial charge in [0.1, 0.15) is 0 Å². The van der Waals surface area contributed by atoms with Crippen molar-refractivity contribution in [3.8, 4) is 0 Å². The van der Waals surface area contributed by atoms with Crippen molar-refractivity contribution in [1.82, 2.24) is 9.97 Å². The van der Waals surface area contributed by atoms with Crippen molar-refractivity contribution in [1.29, 1.82) is 0 Å². The summed E-state index contributed by atoms with van der Waals surface area (Å²) in [5.74, 6) is -0.998. The van der Waals surface area contributed by atoms with Gasteiger partial charge in [0, 0.05) is 31.4 Å². The second-order valence-corrected chi connectivity index (χ2v) is 4.37. The van der Waals surface area contributed by atoms with Crippen LogP contribution >= 0.6 is 11.3 Å². The summed E-state index contributed by atoms with van der Waals surface area (Å²) in [6.07, 6.45) is 3.50. The maximum Gasteiger partial charge on any atom is 0.355 e. The van der Waals surface area contributed by atoms with Crippen LogP contribution in [0.25, 0.3) is 0 Å². The van der Waals surface area contributed by atoms with Gasteiger partial charge in [-0.25, -0.2) is 9.78 Å². The molecule has 0 amide bonds. The van der Waals surface area contributed by atoms with Crippen LogP contribution in [0.15, 0.2) is 29.9 Å². The molecule has 88 valence electrons. The lowest BCUT2D eigenvalue weighted by Crippen LogP contribution is -2.16. The molecule has 0 unspecified atom stereocenters. The first-order valence-electron chi connectivity index (χ1n) is 4.95. The fourth-order valence-corrected chi connectivity index (χ4v) is 2.14. The summed E-state index contributed by atoms with van der Waals surface area (Å²) in [6.45, 7) is 0.653. The average Bonchev–Trinajstić information content (AvgIpc) is 2.79. The lowest BCUT2D eigenvalue weighted by atomic mass is 10.3. The topological polar surface area (TPSA) is 66.3 Å². The van der Waals surface area contributed by atoms with Crippen molar-refractivity contribution < 1.29 is 9.90 Å². The predicted molar refractivity (Wildman–Crippen MR) is 65.4 cm³/mol. The minimum atomic E-state index is -0.998. The highest BCUT2D eigenvalue weighted by atomic mass is 32.1. The fraction of sp³-hybridized carbons (Fsp3) is 0.182. The Balaban J connectivity index is 2.09. The van der Waals surface area contributed by atoms with Gasteiger partial charge in [0.2, 0.25) is 0 Å². The molecule has 1 N–H and O–H groups in total. The number of pyridine rings is 1. The Labute approximate surface area is 102 Å². The third-order valence-corrected chi connectivity index (χ3v) is 3.14. The highest BCUT2D eigenvalue weighted by Gasteiger charge is 2.11. The number of rotatable bonds is 4. The van der Waals surface area contributed by atoms with Crippen LogP contribution in [0.2, 0.25) is 0 Å². The molecule has 2 heterocycles.